The summed E-state index contributed by atoms with van der Waals surface area (Å²) in [6, 6.07) is 9.59. The zero-order valence-corrected chi connectivity index (χ0v) is 8.10. The largest absolute Gasteiger partial charge is 0.331 e. The summed E-state index contributed by atoms with van der Waals surface area (Å²) in [4.78, 5) is 18.2. The molecule has 0 atom stereocenters. The number of hydrogen-bond acceptors (Lipinski definition) is 2. The molecule has 1 heterocycles. The summed E-state index contributed by atoms with van der Waals surface area (Å²) < 4.78 is 0. The van der Waals surface area contributed by atoms with Crippen LogP contribution in [0.4, 0.5) is 5.95 Å². The van der Waals surface area contributed by atoms with Crippen LogP contribution in [0.3, 0.4) is 0 Å². The molecule has 1 amide bonds. The van der Waals surface area contributed by atoms with Gasteiger partial charge in [-0.25, -0.2) is 4.98 Å². The number of nitrogens with zero attached hydrogens (tertiary/aromatic N) is 1. The first-order valence-electron chi connectivity index (χ1n) is 4.68. The van der Waals surface area contributed by atoms with E-state index in [1.807, 2.05) is 30.3 Å². The van der Waals surface area contributed by atoms with Gasteiger partial charge >= 0.3 is 0 Å². The molecule has 0 fully saturated rings. The lowest BCUT2D eigenvalue weighted by atomic mass is 10.1. The topological polar surface area (TPSA) is 57.8 Å². The maximum absolute atomic E-state index is 11.5. The molecule has 76 valence electrons. The van der Waals surface area contributed by atoms with E-state index >= 15 is 0 Å². The Balaban J connectivity index is 1.94. The molecule has 0 bridgehead atoms. The van der Waals surface area contributed by atoms with Gasteiger partial charge in [-0.3, -0.25) is 10.1 Å². The van der Waals surface area contributed by atoms with Gasteiger partial charge in [-0.05, 0) is 5.56 Å². The first-order valence-corrected chi connectivity index (χ1v) is 4.68. The van der Waals surface area contributed by atoms with Gasteiger partial charge in [-0.1, -0.05) is 30.3 Å². The maximum atomic E-state index is 11.5. The molecule has 1 aromatic carbocycles. The van der Waals surface area contributed by atoms with E-state index in [0.29, 0.717) is 12.4 Å². The van der Waals surface area contributed by atoms with Crippen molar-refractivity contribution in [2.45, 2.75) is 6.42 Å². The quantitative estimate of drug-likeness (QED) is 0.792. The molecule has 2 rings (SSSR count). The highest BCUT2D eigenvalue weighted by Gasteiger charge is 2.04. The van der Waals surface area contributed by atoms with E-state index < -0.39 is 0 Å². The highest BCUT2D eigenvalue weighted by molar-refractivity contribution is 5.90. The average molecular weight is 201 g/mol. The molecule has 0 saturated carbocycles. The molecule has 0 saturated heterocycles. The van der Waals surface area contributed by atoms with Crippen molar-refractivity contribution in [3.8, 4) is 0 Å². The van der Waals surface area contributed by atoms with Gasteiger partial charge in [0.25, 0.3) is 0 Å². The highest BCUT2D eigenvalue weighted by Crippen LogP contribution is 2.02. The summed E-state index contributed by atoms with van der Waals surface area (Å²) in [5.41, 5.74) is 0.988. The molecule has 0 radical (unpaired) electrons. The zero-order chi connectivity index (χ0) is 10.5. The Kier molecular flexibility index (Phi) is 2.78. The third kappa shape index (κ3) is 2.67. The van der Waals surface area contributed by atoms with Gasteiger partial charge in [0, 0.05) is 12.4 Å². The van der Waals surface area contributed by atoms with Gasteiger partial charge in [0.05, 0.1) is 6.42 Å². The Bertz CT molecular complexity index is 422. The fourth-order valence-corrected chi connectivity index (χ4v) is 1.29. The van der Waals surface area contributed by atoms with Crippen LogP contribution >= 0.6 is 0 Å². The maximum Gasteiger partial charge on any atom is 0.231 e. The van der Waals surface area contributed by atoms with E-state index in [-0.39, 0.29) is 5.91 Å². The van der Waals surface area contributed by atoms with E-state index in [1.165, 1.54) is 0 Å². The minimum atomic E-state index is -0.0730. The second-order valence-corrected chi connectivity index (χ2v) is 3.15. The smallest absolute Gasteiger partial charge is 0.231 e. The zero-order valence-electron chi connectivity index (χ0n) is 8.10. The summed E-state index contributed by atoms with van der Waals surface area (Å²) in [7, 11) is 0. The Labute approximate surface area is 87.4 Å². The van der Waals surface area contributed by atoms with Crippen molar-refractivity contribution in [1.29, 1.82) is 0 Å². The van der Waals surface area contributed by atoms with Crippen LogP contribution in [0.15, 0.2) is 42.7 Å². The number of nitrogens with one attached hydrogen (secondary N) is 2. The number of hydrogen-bond donors (Lipinski definition) is 2. The number of aromatic amines is 1. The number of carbonyl (C=O) groups is 1. The summed E-state index contributed by atoms with van der Waals surface area (Å²) >= 11 is 0. The van der Waals surface area contributed by atoms with E-state index in [0.717, 1.165) is 5.56 Å². The van der Waals surface area contributed by atoms with E-state index in [2.05, 4.69) is 15.3 Å². The van der Waals surface area contributed by atoms with Crippen LogP contribution in [0.25, 0.3) is 0 Å². The third-order valence-corrected chi connectivity index (χ3v) is 1.96. The van der Waals surface area contributed by atoms with Gasteiger partial charge in [-0.15, -0.1) is 0 Å². The van der Waals surface area contributed by atoms with Gasteiger partial charge < -0.3 is 4.98 Å². The van der Waals surface area contributed by atoms with Crippen molar-refractivity contribution in [2.24, 2.45) is 0 Å². The Morgan fingerprint density at radius 3 is 2.80 bits per heavy atom. The molecule has 0 aliphatic rings. The molecule has 4 heteroatoms. The van der Waals surface area contributed by atoms with Crippen molar-refractivity contribution in [3.63, 3.8) is 0 Å². The lowest BCUT2D eigenvalue weighted by molar-refractivity contribution is -0.115. The molecule has 4 nitrogen and oxygen atoms in total. The second-order valence-electron chi connectivity index (χ2n) is 3.15. The Hall–Kier alpha value is -2.10. The Morgan fingerprint density at radius 1 is 1.33 bits per heavy atom. The van der Waals surface area contributed by atoms with Crippen LogP contribution in [-0.2, 0) is 11.2 Å². The number of amides is 1. The van der Waals surface area contributed by atoms with E-state index in [1.54, 1.807) is 12.4 Å². The van der Waals surface area contributed by atoms with Crippen molar-refractivity contribution in [3.05, 3.63) is 48.3 Å². The van der Waals surface area contributed by atoms with Crippen LogP contribution in [0.5, 0.6) is 0 Å². The van der Waals surface area contributed by atoms with Gasteiger partial charge in [0.2, 0.25) is 11.9 Å². The van der Waals surface area contributed by atoms with Crippen LogP contribution in [-0.4, -0.2) is 15.9 Å². The number of H-pyrrole nitrogens is 1. The lowest BCUT2D eigenvalue weighted by Crippen LogP contribution is -2.15. The summed E-state index contributed by atoms with van der Waals surface area (Å²) in [6.07, 6.45) is 3.62. The van der Waals surface area contributed by atoms with Crippen LogP contribution < -0.4 is 5.32 Å². The molecule has 2 aromatic rings. The van der Waals surface area contributed by atoms with Crippen LogP contribution in [0.2, 0.25) is 0 Å². The van der Waals surface area contributed by atoms with Crippen molar-refractivity contribution >= 4 is 11.9 Å². The molecule has 2 N–H and O–H groups in total. The molecular formula is C11H11N3O. The van der Waals surface area contributed by atoms with Crippen molar-refractivity contribution in [2.75, 3.05) is 5.32 Å². The van der Waals surface area contributed by atoms with Gasteiger partial charge in [-0.2, -0.15) is 0 Å². The van der Waals surface area contributed by atoms with E-state index in [4.69, 9.17) is 0 Å². The fourth-order valence-electron chi connectivity index (χ4n) is 1.29. The molecule has 0 aliphatic carbocycles. The average Bonchev–Trinajstić information content (AvgIpc) is 2.71. The normalized spacial score (nSPS) is 9.87. The van der Waals surface area contributed by atoms with E-state index in [9.17, 15) is 4.79 Å². The molecular weight excluding hydrogens is 190 g/mol. The highest BCUT2D eigenvalue weighted by atomic mass is 16.1. The van der Waals surface area contributed by atoms with Gasteiger partial charge in [0.15, 0.2) is 0 Å². The third-order valence-electron chi connectivity index (χ3n) is 1.96. The number of imidazole rings is 1. The number of carbonyl (C=O) groups excluding carboxylic acids is 1. The first-order chi connectivity index (χ1) is 7.34. The molecule has 15 heavy (non-hydrogen) atoms. The number of rotatable bonds is 3. The molecule has 0 unspecified atom stereocenters. The number of anilines is 1. The first kappa shape index (κ1) is 9.45. The van der Waals surface area contributed by atoms with Crippen molar-refractivity contribution in [1.82, 2.24) is 9.97 Å². The minimum Gasteiger partial charge on any atom is -0.331 e. The Morgan fingerprint density at radius 2 is 2.13 bits per heavy atom. The minimum absolute atomic E-state index is 0.0730. The summed E-state index contributed by atoms with van der Waals surface area (Å²) in [6.45, 7) is 0. The SMILES string of the molecule is O=C(Cc1ccccc1)Nc1ncc[nH]1. The fraction of sp³-hybridized carbons (Fsp3) is 0.0909. The van der Waals surface area contributed by atoms with Crippen LogP contribution in [0.1, 0.15) is 5.56 Å². The summed E-state index contributed by atoms with van der Waals surface area (Å²) in [5, 5.41) is 2.66. The lowest BCUT2D eigenvalue weighted by Gasteiger charge is -2.01. The van der Waals surface area contributed by atoms with Crippen molar-refractivity contribution < 1.29 is 4.79 Å². The predicted octanol–water partition coefficient (Wildman–Crippen LogP) is 1.59. The van der Waals surface area contributed by atoms with Crippen LogP contribution in [0, 0.1) is 0 Å². The van der Waals surface area contributed by atoms with Gasteiger partial charge in [0.1, 0.15) is 0 Å². The molecule has 0 aliphatic heterocycles. The molecule has 0 spiro atoms. The predicted molar refractivity (Wildman–Crippen MR) is 57.4 cm³/mol. The molecule has 1 aromatic heterocycles. The standard InChI is InChI=1S/C11H11N3O/c15-10(14-11-12-6-7-13-11)8-9-4-2-1-3-5-9/h1-7H,8H2,(H2,12,13,14,15). The number of benzene rings is 1. The monoisotopic (exact) mass is 201 g/mol. The summed E-state index contributed by atoms with van der Waals surface area (Å²) in [5.74, 6) is 0.409. The number of aromatic nitrogens is 2. The second kappa shape index (κ2) is 4.41.